The lowest BCUT2D eigenvalue weighted by molar-refractivity contribution is 0.0956. The molecule has 1 aliphatic carbocycles. The van der Waals surface area contributed by atoms with Crippen molar-refractivity contribution in [2.24, 2.45) is 5.73 Å². The third-order valence-electron chi connectivity index (χ3n) is 3.30. The van der Waals surface area contributed by atoms with E-state index < -0.39 is 15.5 Å². The number of sulfone groups is 1. The van der Waals surface area contributed by atoms with E-state index in [1.807, 2.05) is 6.92 Å². The van der Waals surface area contributed by atoms with Crippen LogP contribution in [0.25, 0.3) is 0 Å². The Morgan fingerprint density at radius 1 is 1.31 bits per heavy atom. The first kappa shape index (κ1) is 13.9. The fourth-order valence-electron chi connectivity index (χ4n) is 2.16. The maximum absolute atomic E-state index is 14.2. The summed E-state index contributed by atoms with van der Waals surface area (Å²) in [7, 11) is -3.05. The third kappa shape index (κ3) is 4.37. The van der Waals surface area contributed by atoms with Gasteiger partial charge >= 0.3 is 0 Å². The second-order valence-corrected chi connectivity index (χ2v) is 7.19. The van der Waals surface area contributed by atoms with Crippen molar-refractivity contribution in [1.29, 1.82) is 0 Å². The topological polar surface area (TPSA) is 60.2 Å². The summed E-state index contributed by atoms with van der Waals surface area (Å²) in [5, 5.41) is 0. The van der Waals surface area contributed by atoms with Gasteiger partial charge in [-0.25, -0.2) is 12.8 Å². The van der Waals surface area contributed by atoms with Crippen molar-refractivity contribution in [3.63, 3.8) is 0 Å². The maximum atomic E-state index is 14.2. The molecule has 0 spiro atoms. The van der Waals surface area contributed by atoms with E-state index in [0.29, 0.717) is 32.1 Å². The van der Waals surface area contributed by atoms with Crippen LogP contribution in [0.4, 0.5) is 4.39 Å². The van der Waals surface area contributed by atoms with E-state index in [1.165, 1.54) is 0 Å². The molecule has 1 rings (SSSR count). The first-order valence-corrected chi connectivity index (χ1v) is 7.84. The van der Waals surface area contributed by atoms with Crippen LogP contribution >= 0.6 is 0 Å². The Hall–Kier alpha value is -0.160. The summed E-state index contributed by atoms with van der Waals surface area (Å²) in [5.41, 5.74) is 4.41. The minimum absolute atomic E-state index is 0.0213. The number of alkyl halides is 1. The molecule has 16 heavy (non-hydrogen) atoms. The Labute approximate surface area is 97.5 Å². The Bertz CT molecular complexity index is 308. The Kier molecular flexibility index (Phi) is 4.73. The van der Waals surface area contributed by atoms with E-state index in [4.69, 9.17) is 5.73 Å². The van der Waals surface area contributed by atoms with Crippen LogP contribution in [-0.4, -0.2) is 31.6 Å². The van der Waals surface area contributed by atoms with Gasteiger partial charge in [0.1, 0.15) is 15.5 Å². The minimum atomic E-state index is -3.05. The highest BCUT2D eigenvalue weighted by molar-refractivity contribution is 7.91. The number of nitrogens with two attached hydrogens (primary N) is 1. The summed E-state index contributed by atoms with van der Waals surface area (Å²) >= 11 is 0. The second-order valence-electron chi connectivity index (χ2n) is 4.89. The van der Waals surface area contributed by atoms with Crippen LogP contribution in [0.2, 0.25) is 0 Å². The van der Waals surface area contributed by atoms with Crippen molar-refractivity contribution in [2.45, 2.75) is 57.2 Å². The predicted octanol–water partition coefficient (Wildman–Crippen LogP) is 1.81. The number of halogens is 1. The third-order valence-corrected chi connectivity index (χ3v) is 5.16. The molecule has 0 amide bonds. The molecule has 96 valence electrons. The van der Waals surface area contributed by atoms with Gasteiger partial charge in [0.2, 0.25) is 0 Å². The van der Waals surface area contributed by atoms with Crippen LogP contribution in [0.15, 0.2) is 0 Å². The van der Waals surface area contributed by atoms with E-state index in [-0.39, 0.29) is 24.0 Å². The summed E-state index contributed by atoms with van der Waals surface area (Å²) < 4.78 is 37.2. The van der Waals surface area contributed by atoms with Gasteiger partial charge in [0.25, 0.3) is 0 Å². The quantitative estimate of drug-likeness (QED) is 0.810. The Balaban J connectivity index is 2.42. The molecule has 3 nitrogen and oxygen atoms in total. The summed E-state index contributed by atoms with van der Waals surface area (Å²) in [4.78, 5) is 0. The fourth-order valence-corrected chi connectivity index (χ4v) is 3.66. The van der Waals surface area contributed by atoms with E-state index in [2.05, 4.69) is 0 Å². The molecular formula is C11H22FNO2S. The van der Waals surface area contributed by atoms with Crippen molar-refractivity contribution < 1.29 is 12.8 Å². The summed E-state index contributed by atoms with van der Waals surface area (Å²) in [6.45, 7) is 1.82. The maximum Gasteiger partial charge on any atom is 0.150 e. The largest absolute Gasteiger partial charge is 0.328 e. The highest BCUT2D eigenvalue weighted by atomic mass is 32.2. The molecule has 5 heteroatoms. The molecule has 0 aromatic carbocycles. The highest BCUT2D eigenvalue weighted by Crippen LogP contribution is 2.34. The number of hydrogen-bond donors (Lipinski definition) is 1. The van der Waals surface area contributed by atoms with Crippen LogP contribution < -0.4 is 5.73 Å². The van der Waals surface area contributed by atoms with Gasteiger partial charge in [-0.15, -0.1) is 0 Å². The molecule has 1 aliphatic rings. The van der Waals surface area contributed by atoms with E-state index in [9.17, 15) is 12.8 Å². The first-order chi connectivity index (χ1) is 7.37. The zero-order valence-electron chi connectivity index (χ0n) is 9.91. The molecule has 0 aromatic heterocycles. The molecule has 2 N–H and O–H groups in total. The zero-order chi connectivity index (χ0) is 12.2. The van der Waals surface area contributed by atoms with Gasteiger partial charge in [0, 0.05) is 11.8 Å². The molecule has 0 aliphatic heterocycles. The van der Waals surface area contributed by atoms with Crippen molar-refractivity contribution in [1.82, 2.24) is 0 Å². The standard InChI is InChI=1S/C11H22FNO2S/c1-2-8-16(14,15)9-7-11(12)5-3-10(13)4-6-11/h10H,2-9,13H2,1H3. The van der Waals surface area contributed by atoms with Crippen molar-refractivity contribution in [3.8, 4) is 0 Å². The lowest BCUT2D eigenvalue weighted by Crippen LogP contribution is -2.37. The van der Waals surface area contributed by atoms with E-state index in [1.54, 1.807) is 0 Å². The van der Waals surface area contributed by atoms with Gasteiger partial charge < -0.3 is 5.73 Å². The van der Waals surface area contributed by atoms with Crippen LogP contribution in [0, 0.1) is 0 Å². The van der Waals surface area contributed by atoms with Gasteiger partial charge in [-0.2, -0.15) is 0 Å². The molecule has 0 bridgehead atoms. The smallest absolute Gasteiger partial charge is 0.150 e. The molecule has 0 heterocycles. The summed E-state index contributed by atoms with van der Waals surface area (Å²) in [6, 6.07) is 0.0936. The molecule has 1 fully saturated rings. The minimum Gasteiger partial charge on any atom is -0.328 e. The fraction of sp³-hybridized carbons (Fsp3) is 1.00. The van der Waals surface area contributed by atoms with E-state index in [0.717, 1.165) is 0 Å². The van der Waals surface area contributed by atoms with Gasteiger partial charge in [-0.1, -0.05) is 6.92 Å². The molecular weight excluding hydrogens is 229 g/mol. The Morgan fingerprint density at radius 2 is 1.88 bits per heavy atom. The van der Waals surface area contributed by atoms with Crippen LogP contribution in [0.1, 0.15) is 45.4 Å². The Morgan fingerprint density at radius 3 is 2.38 bits per heavy atom. The molecule has 1 saturated carbocycles. The van der Waals surface area contributed by atoms with Gasteiger partial charge in [0.15, 0.2) is 0 Å². The van der Waals surface area contributed by atoms with Crippen LogP contribution in [0.5, 0.6) is 0 Å². The molecule has 0 saturated heterocycles. The zero-order valence-corrected chi connectivity index (χ0v) is 10.7. The second kappa shape index (κ2) is 5.45. The van der Waals surface area contributed by atoms with Crippen LogP contribution in [-0.2, 0) is 9.84 Å². The highest BCUT2D eigenvalue weighted by Gasteiger charge is 2.35. The SMILES string of the molecule is CCCS(=O)(=O)CCC1(F)CCC(N)CC1. The molecule has 0 aromatic rings. The van der Waals surface area contributed by atoms with Crippen molar-refractivity contribution in [2.75, 3.05) is 11.5 Å². The number of rotatable bonds is 5. The van der Waals surface area contributed by atoms with Gasteiger partial charge in [-0.3, -0.25) is 0 Å². The van der Waals surface area contributed by atoms with Crippen molar-refractivity contribution >= 4 is 9.84 Å². The first-order valence-electron chi connectivity index (χ1n) is 6.02. The van der Waals surface area contributed by atoms with Crippen molar-refractivity contribution in [3.05, 3.63) is 0 Å². The number of hydrogen-bond acceptors (Lipinski definition) is 3. The van der Waals surface area contributed by atoms with Crippen LogP contribution in [0.3, 0.4) is 0 Å². The normalized spacial score (nSPS) is 31.6. The predicted molar refractivity (Wildman–Crippen MR) is 63.8 cm³/mol. The average Bonchev–Trinajstić information content (AvgIpc) is 2.21. The van der Waals surface area contributed by atoms with E-state index >= 15 is 0 Å². The summed E-state index contributed by atoms with van der Waals surface area (Å²) in [6.07, 6.45) is 2.91. The summed E-state index contributed by atoms with van der Waals surface area (Å²) in [5.74, 6) is 0.148. The monoisotopic (exact) mass is 251 g/mol. The van der Waals surface area contributed by atoms with Gasteiger partial charge in [0.05, 0.1) is 5.75 Å². The lowest BCUT2D eigenvalue weighted by Gasteiger charge is -2.32. The van der Waals surface area contributed by atoms with Gasteiger partial charge in [-0.05, 0) is 38.5 Å². The molecule has 0 atom stereocenters. The molecule has 0 radical (unpaired) electrons. The molecule has 0 unspecified atom stereocenters. The lowest BCUT2D eigenvalue weighted by atomic mass is 9.82. The average molecular weight is 251 g/mol.